The van der Waals surface area contributed by atoms with Crippen molar-refractivity contribution in [3.05, 3.63) is 87.0 Å². The van der Waals surface area contributed by atoms with E-state index >= 15 is 0 Å². The van der Waals surface area contributed by atoms with Gasteiger partial charge in [-0.3, -0.25) is 0 Å². The van der Waals surface area contributed by atoms with Crippen molar-refractivity contribution in [3.63, 3.8) is 0 Å². The Kier molecular flexibility index (Phi) is 6.87. The molecule has 0 saturated carbocycles. The number of hydrogen-bond donors (Lipinski definition) is 1. The number of hydrogen-bond acceptors (Lipinski definition) is 6. The molecule has 2 aromatic carbocycles. The highest BCUT2D eigenvalue weighted by atomic mass is 19.1. The van der Waals surface area contributed by atoms with Crippen molar-refractivity contribution in [1.82, 2.24) is 29.0 Å². The number of benzene rings is 2. The van der Waals surface area contributed by atoms with Gasteiger partial charge < -0.3 is 15.4 Å². The molecule has 0 radical (unpaired) electrons. The molecule has 1 amide bonds. The average molecular weight is 548 g/mol. The molecule has 5 rings (SSSR count). The van der Waals surface area contributed by atoms with Gasteiger partial charge >= 0.3 is 11.8 Å². The topological polar surface area (TPSA) is 113 Å². The maximum atomic E-state index is 14.6. The first-order chi connectivity index (χ1) is 18.9. The van der Waals surface area contributed by atoms with Crippen molar-refractivity contribution >= 4 is 6.09 Å². The Balaban J connectivity index is 1.70. The summed E-state index contributed by atoms with van der Waals surface area (Å²) >= 11 is 0. The van der Waals surface area contributed by atoms with Crippen LogP contribution < -0.4 is 11.4 Å². The molecule has 10 nitrogen and oxygen atoms in total. The molecule has 40 heavy (non-hydrogen) atoms. The van der Waals surface area contributed by atoms with Crippen LogP contribution in [0.2, 0.25) is 0 Å². The molecule has 3 heterocycles. The largest absolute Gasteiger partial charge is 0.444 e. The van der Waals surface area contributed by atoms with Crippen LogP contribution in [0.1, 0.15) is 61.7 Å². The van der Waals surface area contributed by atoms with Crippen molar-refractivity contribution in [2.24, 2.45) is 5.73 Å². The zero-order chi connectivity index (χ0) is 28.9. The third-order valence-corrected chi connectivity index (χ3v) is 7.06. The molecule has 2 aromatic heterocycles. The summed E-state index contributed by atoms with van der Waals surface area (Å²) in [5.74, 6) is 0.147. The second-order valence-corrected chi connectivity index (χ2v) is 11.2. The molecule has 0 aliphatic carbocycles. The van der Waals surface area contributed by atoms with E-state index in [4.69, 9.17) is 15.6 Å². The maximum Gasteiger partial charge on any atom is 0.410 e. The number of carbonyl (C=O) groups excluding carboxylic acids is 1. The number of nitrogens with zero attached hydrogens (tertiary/aromatic N) is 6. The summed E-state index contributed by atoms with van der Waals surface area (Å²) in [6.07, 6.45) is 1.46. The molecule has 210 valence electrons. The first kappa shape index (κ1) is 27.3. The summed E-state index contributed by atoms with van der Waals surface area (Å²) in [5, 5.41) is 9.27. The van der Waals surface area contributed by atoms with E-state index in [9.17, 15) is 14.0 Å². The van der Waals surface area contributed by atoms with E-state index in [1.165, 1.54) is 15.6 Å². The Hall–Kier alpha value is -4.25. The van der Waals surface area contributed by atoms with Crippen LogP contribution >= 0.6 is 0 Å². The zero-order valence-electron chi connectivity index (χ0n) is 23.6. The predicted molar refractivity (Wildman–Crippen MR) is 149 cm³/mol. The van der Waals surface area contributed by atoms with Gasteiger partial charge in [0.25, 0.3) is 0 Å². The lowest BCUT2D eigenvalue weighted by atomic mass is 10.00. The SMILES string of the molecule is Cc1cc(-n2nc3c(c2-n2cnn(-c4ccc(CN)cc4)c2=O)[C@H](C)N(C(=O)OC(C)(C)C)CC3)cc(C)c1F. The van der Waals surface area contributed by atoms with E-state index in [-0.39, 0.29) is 5.82 Å². The molecule has 4 aromatic rings. The lowest BCUT2D eigenvalue weighted by Gasteiger charge is -2.34. The molecular formula is C29H34FN7O3. The van der Waals surface area contributed by atoms with Crippen molar-refractivity contribution < 1.29 is 13.9 Å². The highest BCUT2D eigenvalue weighted by Crippen LogP contribution is 2.36. The third-order valence-electron chi connectivity index (χ3n) is 7.06. The maximum absolute atomic E-state index is 14.6. The van der Waals surface area contributed by atoms with Crippen LogP contribution in [0, 0.1) is 19.7 Å². The molecule has 0 bridgehead atoms. The fraction of sp³-hybridized carbons (Fsp3) is 0.379. The van der Waals surface area contributed by atoms with Gasteiger partial charge in [0, 0.05) is 25.1 Å². The average Bonchev–Trinajstić information content (AvgIpc) is 3.46. The Labute approximate surface area is 231 Å². The van der Waals surface area contributed by atoms with Crippen molar-refractivity contribution in [2.45, 2.75) is 66.2 Å². The van der Waals surface area contributed by atoms with Gasteiger partial charge in [-0.2, -0.15) is 14.9 Å². The van der Waals surface area contributed by atoms with Crippen LogP contribution in [0.25, 0.3) is 17.2 Å². The number of aryl methyl sites for hydroxylation is 2. The fourth-order valence-electron chi connectivity index (χ4n) is 5.08. The molecule has 0 unspecified atom stereocenters. The van der Waals surface area contributed by atoms with Crippen LogP contribution in [0.4, 0.5) is 9.18 Å². The Bertz CT molecular complexity index is 1620. The lowest BCUT2D eigenvalue weighted by Crippen LogP contribution is -2.42. The van der Waals surface area contributed by atoms with E-state index in [2.05, 4.69) is 5.10 Å². The number of rotatable bonds is 4. The normalized spacial score (nSPS) is 15.3. The molecule has 0 spiro atoms. The number of halogens is 1. The van der Waals surface area contributed by atoms with Crippen molar-refractivity contribution in [1.29, 1.82) is 0 Å². The van der Waals surface area contributed by atoms with Crippen LogP contribution in [-0.2, 0) is 17.7 Å². The predicted octanol–water partition coefficient (Wildman–Crippen LogP) is 4.28. The monoisotopic (exact) mass is 547 g/mol. The number of aromatic nitrogens is 5. The van der Waals surface area contributed by atoms with E-state index in [0.717, 1.165) is 11.3 Å². The fourth-order valence-corrected chi connectivity index (χ4v) is 5.08. The summed E-state index contributed by atoms with van der Waals surface area (Å²) in [6.45, 7) is 11.5. The third kappa shape index (κ3) is 4.81. The first-order valence-electron chi connectivity index (χ1n) is 13.2. The van der Waals surface area contributed by atoms with Crippen LogP contribution in [0.3, 0.4) is 0 Å². The van der Waals surface area contributed by atoms with Crippen LogP contribution in [0.15, 0.2) is 47.5 Å². The Morgan fingerprint density at radius 1 is 1.10 bits per heavy atom. The molecular weight excluding hydrogens is 513 g/mol. The molecule has 2 N–H and O–H groups in total. The number of fused-ring (bicyclic) bond motifs is 1. The van der Waals surface area contributed by atoms with Gasteiger partial charge in [0.1, 0.15) is 17.7 Å². The summed E-state index contributed by atoms with van der Waals surface area (Å²) in [4.78, 5) is 28.6. The van der Waals surface area contributed by atoms with Crippen molar-refractivity contribution in [2.75, 3.05) is 6.54 Å². The number of ether oxygens (including phenoxy) is 1. The minimum atomic E-state index is -0.662. The minimum absolute atomic E-state index is 0.294. The molecule has 1 aliphatic heterocycles. The molecule has 0 fully saturated rings. The van der Waals surface area contributed by atoms with Gasteiger partial charge in [0.2, 0.25) is 0 Å². The standard InChI is InChI=1S/C29H34FN7O3/c1-17-13-22(14-18(2)25(17)30)36-26(35-16-32-37(27(35)38)21-9-7-20(15-31)8-10-21)24-19(3)34(12-11-23(24)33-36)28(39)40-29(4,5)6/h7-10,13-14,16,19H,11-12,15,31H2,1-6H3/t19-/m0/s1. The summed E-state index contributed by atoms with van der Waals surface area (Å²) < 4.78 is 24.6. The second-order valence-electron chi connectivity index (χ2n) is 11.2. The van der Waals surface area contributed by atoms with Gasteiger partial charge in [-0.05, 0) is 82.5 Å². The first-order valence-corrected chi connectivity index (χ1v) is 13.2. The van der Waals surface area contributed by atoms with Gasteiger partial charge in [0.05, 0.1) is 23.1 Å². The van der Waals surface area contributed by atoms with Gasteiger partial charge in [-0.25, -0.2) is 23.2 Å². The van der Waals surface area contributed by atoms with E-state index in [0.29, 0.717) is 53.4 Å². The Morgan fingerprint density at radius 2 is 1.75 bits per heavy atom. The van der Waals surface area contributed by atoms with Crippen LogP contribution in [-0.4, -0.2) is 47.3 Å². The molecule has 11 heteroatoms. The summed E-state index contributed by atoms with van der Waals surface area (Å²) in [7, 11) is 0. The van der Waals surface area contributed by atoms with E-state index < -0.39 is 23.4 Å². The summed E-state index contributed by atoms with van der Waals surface area (Å²) in [6, 6.07) is 10.2. The Morgan fingerprint density at radius 3 is 2.35 bits per heavy atom. The molecule has 1 atom stereocenters. The van der Waals surface area contributed by atoms with Crippen LogP contribution in [0.5, 0.6) is 0 Å². The van der Waals surface area contributed by atoms with Gasteiger partial charge in [0.15, 0.2) is 5.82 Å². The summed E-state index contributed by atoms with van der Waals surface area (Å²) in [5.41, 5.74) is 9.13. The zero-order valence-corrected chi connectivity index (χ0v) is 23.6. The molecule has 1 aliphatic rings. The second kappa shape index (κ2) is 10.1. The van der Waals surface area contributed by atoms with E-state index in [1.54, 1.807) is 47.7 Å². The van der Waals surface area contributed by atoms with E-state index in [1.807, 2.05) is 39.8 Å². The van der Waals surface area contributed by atoms with Gasteiger partial charge in [-0.15, -0.1) is 0 Å². The van der Waals surface area contributed by atoms with Gasteiger partial charge in [-0.1, -0.05) is 12.1 Å². The highest BCUT2D eigenvalue weighted by molar-refractivity contribution is 5.70. The lowest BCUT2D eigenvalue weighted by molar-refractivity contribution is 0.0159. The number of amides is 1. The minimum Gasteiger partial charge on any atom is -0.444 e. The molecule has 0 saturated heterocycles. The smallest absolute Gasteiger partial charge is 0.410 e. The number of carbonyl (C=O) groups is 1. The quantitative estimate of drug-likeness (QED) is 0.408. The highest BCUT2D eigenvalue weighted by Gasteiger charge is 2.37. The van der Waals surface area contributed by atoms with Crippen molar-refractivity contribution in [3.8, 4) is 17.2 Å². The number of nitrogens with two attached hydrogens (primary N) is 1.